The summed E-state index contributed by atoms with van der Waals surface area (Å²) in [6.45, 7) is 1.82. The molecule has 1 aliphatic heterocycles. The molecule has 0 spiro atoms. The molecule has 1 saturated carbocycles. The molecule has 0 bridgehead atoms. The second-order valence-electron chi connectivity index (χ2n) is 8.29. The number of hydrogen-bond donors (Lipinski definition) is 1. The number of amides is 1. The summed E-state index contributed by atoms with van der Waals surface area (Å²) in [6, 6.07) is 10.7. The van der Waals surface area contributed by atoms with E-state index in [4.69, 9.17) is 0 Å². The van der Waals surface area contributed by atoms with Crippen molar-refractivity contribution >= 4 is 27.2 Å². The van der Waals surface area contributed by atoms with Crippen LogP contribution in [0.2, 0.25) is 0 Å². The van der Waals surface area contributed by atoms with Gasteiger partial charge in [-0.15, -0.1) is 0 Å². The number of carbonyl (C=O) groups is 1. The zero-order chi connectivity index (χ0) is 21.0. The number of nitrogens with zero attached hydrogens (tertiary/aromatic N) is 2. The molecule has 1 aromatic carbocycles. The zero-order valence-electron chi connectivity index (χ0n) is 17.2. The molecule has 160 valence electrons. The minimum absolute atomic E-state index is 0.0211. The minimum Gasteiger partial charge on any atom is -0.356 e. The molecule has 2 aliphatic rings. The second-order valence-corrected chi connectivity index (χ2v) is 10.6. The molecule has 6 nitrogen and oxygen atoms in total. The number of hydrogen-bond acceptors (Lipinski definition) is 5. The van der Waals surface area contributed by atoms with Crippen LogP contribution in [0.4, 0.5) is 11.5 Å². The van der Waals surface area contributed by atoms with Crippen molar-refractivity contribution in [2.75, 3.05) is 23.3 Å². The molecule has 1 amide bonds. The van der Waals surface area contributed by atoms with E-state index in [9.17, 15) is 13.2 Å². The quantitative estimate of drug-likeness (QED) is 0.748. The average Bonchev–Trinajstić information content (AvgIpc) is 3.29. The molecule has 0 atom stereocenters. The van der Waals surface area contributed by atoms with E-state index in [0.717, 1.165) is 58.0 Å². The lowest BCUT2D eigenvalue weighted by Crippen LogP contribution is -2.25. The highest BCUT2D eigenvalue weighted by molar-refractivity contribution is 7.91. The van der Waals surface area contributed by atoms with Crippen LogP contribution in [-0.4, -0.2) is 37.6 Å². The Morgan fingerprint density at radius 1 is 1.03 bits per heavy atom. The van der Waals surface area contributed by atoms with Crippen LogP contribution in [0.5, 0.6) is 0 Å². The third-order valence-corrected chi connectivity index (χ3v) is 8.27. The van der Waals surface area contributed by atoms with Crippen molar-refractivity contribution in [3.05, 3.63) is 53.7 Å². The summed E-state index contributed by atoms with van der Waals surface area (Å²) in [4.78, 5) is 19.5. The fraction of sp³-hybridized carbons (Fsp3) is 0.478. The first kappa shape index (κ1) is 20.8. The normalized spacial score (nSPS) is 17.8. The summed E-state index contributed by atoms with van der Waals surface area (Å²) in [5.41, 5.74) is 1.86. The average molecular weight is 428 g/mol. The van der Waals surface area contributed by atoms with Gasteiger partial charge in [-0.05, 0) is 55.5 Å². The van der Waals surface area contributed by atoms with Crippen molar-refractivity contribution in [1.82, 2.24) is 4.98 Å². The fourth-order valence-corrected chi connectivity index (χ4v) is 6.40. The molecule has 7 heteroatoms. The van der Waals surface area contributed by atoms with Gasteiger partial charge in [0.15, 0.2) is 9.84 Å². The Hall–Kier alpha value is -2.41. The van der Waals surface area contributed by atoms with Crippen LogP contribution in [0.1, 0.15) is 60.9 Å². The van der Waals surface area contributed by atoms with Crippen molar-refractivity contribution in [2.24, 2.45) is 0 Å². The van der Waals surface area contributed by atoms with Crippen LogP contribution in [0, 0.1) is 0 Å². The van der Waals surface area contributed by atoms with Crippen LogP contribution in [0.15, 0.2) is 42.6 Å². The van der Waals surface area contributed by atoms with Crippen molar-refractivity contribution in [3.8, 4) is 0 Å². The summed E-state index contributed by atoms with van der Waals surface area (Å²) in [7, 11) is -3.18. The van der Waals surface area contributed by atoms with Gasteiger partial charge >= 0.3 is 0 Å². The molecular formula is C23H29N3O3S. The molecule has 1 aromatic heterocycles. The Kier molecular flexibility index (Phi) is 6.37. The number of pyridine rings is 1. The van der Waals surface area contributed by atoms with Crippen molar-refractivity contribution < 1.29 is 13.2 Å². The van der Waals surface area contributed by atoms with Gasteiger partial charge in [-0.25, -0.2) is 13.4 Å². The summed E-state index contributed by atoms with van der Waals surface area (Å²) in [5.74, 6) is 0.508. The van der Waals surface area contributed by atoms with E-state index < -0.39 is 9.84 Å². The highest BCUT2D eigenvalue weighted by atomic mass is 32.2. The van der Waals surface area contributed by atoms with Gasteiger partial charge < -0.3 is 10.2 Å². The van der Waals surface area contributed by atoms with Gasteiger partial charge in [0, 0.05) is 25.0 Å². The summed E-state index contributed by atoms with van der Waals surface area (Å²) in [6.07, 6.45) is 8.56. The van der Waals surface area contributed by atoms with Crippen LogP contribution in [0.25, 0.3) is 0 Å². The first-order valence-corrected chi connectivity index (χ1v) is 12.6. The van der Waals surface area contributed by atoms with E-state index >= 15 is 0 Å². The van der Waals surface area contributed by atoms with Crippen molar-refractivity contribution in [1.29, 1.82) is 0 Å². The highest BCUT2D eigenvalue weighted by Gasteiger charge is 2.27. The van der Waals surface area contributed by atoms with Crippen molar-refractivity contribution in [3.63, 3.8) is 0 Å². The number of benzene rings is 1. The molecule has 1 aliphatic carbocycles. The standard InChI is InChI=1S/C23H29N3O3S/c27-23(21-12-7-13-24-22(21)26-14-4-5-15-26)25-19-9-6-8-18(16-19)17-30(28,29)20-10-2-1-3-11-20/h6-9,12-13,16,20H,1-5,10-11,14-15,17H2,(H,25,27). The number of anilines is 2. The third-order valence-electron chi connectivity index (χ3n) is 6.05. The van der Waals surface area contributed by atoms with Crippen LogP contribution < -0.4 is 10.2 Å². The predicted octanol–water partition coefficient (Wildman–Crippen LogP) is 4.18. The second kappa shape index (κ2) is 9.16. The maximum Gasteiger partial charge on any atom is 0.259 e. The molecule has 4 rings (SSSR count). The monoisotopic (exact) mass is 427 g/mol. The van der Waals surface area contributed by atoms with E-state index in [0.29, 0.717) is 22.6 Å². The number of sulfone groups is 1. The lowest BCUT2D eigenvalue weighted by Gasteiger charge is -2.22. The first-order valence-electron chi connectivity index (χ1n) is 10.8. The molecule has 0 unspecified atom stereocenters. The van der Waals surface area contributed by atoms with E-state index in [-0.39, 0.29) is 16.9 Å². The Morgan fingerprint density at radius 3 is 2.57 bits per heavy atom. The molecule has 0 radical (unpaired) electrons. The summed E-state index contributed by atoms with van der Waals surface area (Å²) in [5, 5.41) is 2.69. The van der Waals surface area contributed by atoms with E-state index in [1.165, 1.54) is 0 Å². The van der Waals surface area contributed by atoms with Gasteiger partial charge in [0.05, 0.1) is 16.6 Å². The van der Waals surface area contributed by atoms with Gasteiger partial charge in [-0.1, -0.05) is 31.4 Å². The third kappa shape index (κ3) is 4.83. The van der Waals surface area contributed by atoms with Gasteiger partial charge in [0.2, 0.25) is 0 Å². The molecular weight excluding hydrogens is 398 g/mol. The number of nitrogens with one attached hydrogen (secondary N) is 1. The van der Waals surface area contributed by atoms with Gasteiger partial charge in [0.1, 0.15) is 5.82 Å². The zero-order valence-corrected chi connectivity index (χ0v) is 18.0. The SMILES string of the molecule is O=C(Nc1cccc(CS(=O)(=O)C2CCCCC2)c1)c1cccnc1N1CCCC1. The predicted molar refractivity (Wildman–Crippen MR) is 120 cm³/mol. The van der Waals surface area contributed by atoms with Crippen molar-refractivity contribution in [2.45, 2.75) is 55.9 Å². The molecule has 2 heterocycles. The van der Waals surface area contributed by atoms with Crippen LogP contribution in [-0.2, 0) is 15.6 Å². The van der Waals surface area contributed by atoms with Crippen LogP contribution >= 0.6 is 0 Å². The fourth-order valence-electron chi connectivity index (χ4n) is 4.47. The minimum atomic E-state index is -3.18. The largest absolute Gasteiger partial charge is 0.356 e. The van der Waals surface area contributed by atoms with Gasteiger partial charge in [-0.3, -0.25) is 4.79 Å². The maximum atomic E-state index is 12.9. The van der Waals surface area contributed by atoms with Crippen LogP contribution in [0.3, 0.4) is 0 Å². The molecule has 2 aromatic rings. The first-order chi connectivity index (χ1) is 14.5. The van der Waals surface area contributed by atoms with E-state index in [2.05, 4.69) is 15.2 Å². The smallest absolute Gasteiger partial charge is 0.259 e. The summed E-state index contributed by atoms with van der Waals surface area (Å²) < 4.78 is 25.6. The Bertz CT molecular complexity index is 994. The maximum absolute atomic E-state index is 12.9. The number of aromatic nitrogens is 1. The van der Waals surface area contributed by atoms with E-state index in [1.54, 1.807) is 36.5 Å². The highest BCUT2D eigenvalue weighted by Crippen LogP contribution is 2.27. The van der Waals surface area contributed by atoms with Gasteiger partial charge in [0.25, 0.3) is 5.91 Å². The Balaban J connectivity index is 1.48. The Morgan fingerprint density at radius 2 is 1.80 bits per heavy atom. The van der Waals surface area contributed by atoms with Gasteiger partial charge in [-0.2, -0.15) is 0 Å². The molecule has 2 fully saturated rings. The topological polar surface area (TPSA) is 79.4 Å². The summed E-state index contributed by atoms with van der Waals surface area (Å²) >= 11 is 0. The Labute approximate surface area is 178 Å². The van der Waals surface area contributed by atoms with E-state index in [1.807, 2.05) is 6.07 Å². The molecule has 1 N–H and O–H groups in total. The lowest BCUT2D eigenvalue weighted by atomic mass is 10.0. The number of carbonyl (C=O) groups excluding carboxylic acids is 1. The number of rotatable bonds is 6. The lowest BCUT2D eigenvalue weighted by molar-refractivity contribution is 0.102. The molecule has 30 heavy (non-hydrogen) atoms. The molecule has 1 saturated heterocycles.